The van der Waals surface area contributed by atoms with Crippen molar-refractivity contribution in [3.63, 3.8) is 0 Å². The number of likely N-dealkylation sites (N-methyl/N-ethyl adjacent to an activating group) is 1. The van der Waals surface area contributed by atoms with Gasteiger partial charge in [-0.15, -0.1) is 0 Å². The number of methoxy groups -OCH3 is 1. The molecule has 7 heteroatoms. The Morgan fingerprint density at radius 1 is 1.11 bits per heavy atom. The Hall–Kier alpha value is -4.31. The highest BCUT2D eigenvalue weighted by Crippen LogP contribution is 2.25. The van der Waals surface area contributed by atoms with Gasteiger partial charge in [0, 0.05) is 29.8 Å². The number of rotatable bonds is 7. The molecule has 0 fully saturated rings. The van der Waals surface area contributed by atoms with Gasteiger partial charge >= 0.3 is 0 Å². The molecule has 7 nitrogen and oxygen atoms in total. The molecule has 0 atom stereocenters. The first-order chi connectivity index (χ1) is 16.7. The summed E-state index contributed by atoms with van der Waals surface area (Å²) in [7, 11) is 3.13. The van der Waals surface area contributed by atoms with E-state index in [1.165, 1.54) is 11.9 Å². The average molecular weight is 471 g/mol. The average Bonchev–Trinajstić information content (AvgIpc) is 3.12. The Balaban J connectivity index is 1.78. The summed E-state index contributed by atoms with van der Waals surface area (Å²) in [6.45, 7) is 7.63. The molecule has 1 N–H and O–H groups in total. The SMILES string of the molecule is COc1ccc(-n2c(C)cc(/C=C(\C#N)C(=O)N(C)CC(=O)Nc3cccc(C)c3C)c2C)cc1. The molecule has 0 aliphatic heterocycles. The van der Waals surface area contributed by atoms with Crippen molar-refractivity contribution in [3.05, 3.63) is 82.2 Å². The molecule has 2 aromatic carbocycles. The van der Waals surface area contributed by atoms with Crippen LogP contribution in [0.2, 0.25) is 0 Å². The Labute approximate surface area is 206 Å². The third-order valence-electron chi connectivity index (χ3n) is 6.06. The summed E-state index contributed by atoms with van der Waals surface area (Å²) in [6.07, 6.45) is 1.57. The van der Waals surface area contributed by atoms with Crippen LogP contribution in [0.5, 0.6) is 5.75 Å². The second-order valence-electron chi connectivity index (χ2n) is 8.49. The number of hydrogen-bond acceptors (Lipinski definition) is 4. The van der Waals surface area contributed by atoms with E-state index in [0.29, 0.717) is 5.69 Å². The molecular formula is C28H30N4O3. The minimum atomic E-state index is -0.516. The lowest BCUT2D eigenvalue weighted by Crippen LogP contribution is -2.35. The molecular weight excluding hydrogens is 440 g/mol. The van der Waals surface area contributed by atoms with E-state index < -0.39 is 5.91 Å². The molecule has 2 amide bonds. The van der Waals surface area contributed by atoms with Gasteiger partial charge in [-0.2, -0.15) is 5.26 Å². The summed E-state index contributed by atoms with van der Waals surface area (Å²) < 4.78 is 7.28. The summed E-state index contributed by atoms with van der Waals surface area (Å²) in [5, 5.41) is 12.5. The molecule has 3 aromatic rings. The second-order valence-corrected chi connectivity index (χ2v) is 8.49. The molecule has 0 saturated carbocycles. The minimum absolute atomic E-state index is 0.0398. The van der Waals surface area contributed by atoms with E-state index in [0.717, 1.165) is 39.5 Å². The molecule has 35 heavy (non-hydrogen) atoms. The molecule has 3 rings (SSSR count). The molecule has 1 aromatic heterocycles. The number of nitrogens with one attached hydrogen (secondary N) is 1. The molecule has 0 spiro atoms. The van der Waals surface area contributed by atoms with Gasteiger partial charge in [0.25, 0.3) is 5.91 Å². The Morgan fingerprint density at radius 3 is 2.43 bits per heavy atom. The zero-order valence-corrected chi connectivity index (χ0v) is 21.0. The van der Waals surface area contributed by atoms with Crippen molar-refractivity contribution in [2.24, 2.45) is 0 Å². The first-order valence-corrected chi connectivity index (χ1v) is 11.2. The number of carbonyl (C=O) groups excluding carboxylic acids is 2. The maximum Gasteiger partial charge on any atom is 0.264 e. The Kier molecular flexibility index (Phi) is 7.77. The maximum atomic E-state index is 13.0. The van der Waals surface area contributed by atoms with E-state index in [-0.39, 0.29) is 18.0 Å². The highest BCUT2D eigenvalue weighted by Gasteiger charge is 2.19. The smallest absolute Gasteiger partial charge is 0.264 e. The number of carbonyl (C=O) groups is 2. The van der Waals surface area contributed by atoms with E-state index >= 15 is 0 Å². The summed E-state index contributed by atoms with van der Waals surface area (Å²) in [5.41, 5.74) is 6.27. The van der Waals surface area contributed by atoms with Crippen molar-refractivity contribution in [2.45, 2.75) is 27.7 Å². The van der Waals surface area contributed by atoms with Crippen molar-refractivity contribution < 1.29 is 14.3 Å². The summed E-state index contributed by atoms with van der Waals surface area (Å²) in [4.78, 5) is 26.8. The lowest BCUT2D eigenvalue weighted by molar-refractivity contribution is -0.129. The normalized spacial score (nSPS) is 11.1. The quantitative estimate of drug-likeness (QED) is 0.400. The van der Waals surface area contributed by atoms with Crippen LogP contribution in [0.4, 0.5) is 5.69 Å². The van der Waals surface area contributed by atoms with Gasteiger partial charge in [-0.3, -0.25) is 9.59 Å². The fourth-order valence-corrected chi connectivity index (χ4v) is 3.93. The van der Waals surface area contributed by atoms with Gasteiger partial charge in [-0.25, -0.2) is 0 Å². The molecule has 180 valence electrons. The number of amides is 2. The predicted octanol–water partition coefficient (Wildman–Crippen LogP) is 4.72. The van der Waals surface area contributed by atoms with Gasteiger partial charge in [0.2, 0.25) is 5.91 Å². The van der Waals surface area contributed by atoms with Gasteiger partial charge in [0.1, 0.15) is 17.4 Å². The zero-order valence-electron chi connectivity index (χ0n) is 21.0. The molecule has 0 radical (unpaired) electrons. The van der Waals surface area contributed by atoms with Crippen LogP contribution >= 0.6 is 0 Å². The summed E-state index contributed by atoms with van der Waals surface area (Å²) in [5.74, 6) is -0.0827. The fraction of sp³-hybridized carbons (Fsp3) is 0.250. The number of nitrogens with zero attached hydrogens (tertiary/aromatic N) is 3. The van der Waals surface area contributed by atoms with Crippen LogP contribution in [0, 0.1) is 39.0 Å². The second kappa shape index (κ2) is 10.7. The largest absolute Gasteiger partial charge is 0.497 e. The fourth-order valence-electron chi connectivity index (χ4n) is 3.93. The number of nitriles is 1. The monoisotopic (exact) mass is 470 g/mol. The van der Waals surface area contributed by atoms with Crippen molar-refractivity contribution in [1.29, 1.82) is 5.26 Å². The first-order valence-electron chi connectivity index (χ1n) is 11.2. The number of aryl methyl sites for hydroxylation is 2. The molecule has 0 bridgehead atoms. The third-order valence-corrected chi connectivity index (χ3v) is 6.06. The van der Waals surface area contributed by atoms with Crippen LogP contribution in [0.1, 0.15) is 28.1 Å². The number of aromatic nitrogens is 1. The van der Waals surface area contributed by atoms with E-state index in [4.69, 9.17) is 4.74 Å². The Bertz CT molecular complexity index is 1330. The van der Waals surface area contributed by atoms with E-state index in [2.05, 4.69) is 5.32 Å². The van der Waals surface area contributed by atoms with Gasteiger partial charge in [0.05, 0.1) is 13.7 Å². The lowest BCUT2D eigenvalue weighted by Gasteiger charge is -2.17. The Morgan fingerprint density at radius 2 is 1.80 bits per heavy atom. The van der Waals surface area contributed by atoms with Gasteiger partial charge < -0.3 is 19.5 Å². The first kappa shape index (κ1) is 25.3. The van der Waals surface area contributed by atoms with Crippen molar-refractivity contribution in [2.75, 3.05) is 26.0 Å². The number of hydrogen-bond donors (Lipinski definition) is 1. The lowest BCUT2D eigenvalue weighted by atomic mass is 10.1. The summed E-state index contributed by atoms with van der Waals surface area (Å²) in [6, 6.07) is 17.2. The van der Waals surface area contributed by atoms with Crippen LogP contribution in [0.25, 0.3) is 11.8 Å². The van der Waals surface area contributed by atoms with Gasteiger partial charge in [-0.1, -0.05) is 12.1 Å². The van der Waals surface area contributed by atoms with Crippen LogP contribution in [-0.4, -0.2) is 42.0 Å². The van der Waals surface area contributed by atoms with Crippen molar-refractivity contribution >= 4 is 23.6 Å². The van der Waals surface area contributed by atoms with E-state index in [1.807, 2.05) is 86.9 Å². The van der Waals surface area contributed by atoms with Gasteiger partial charge in [-0.05, 0) is 86.9 Å². The maximum absolute atomic E-state index is 13.0. The van der Waals surface area contributed by atoms with Crippen LogP contribution in [0.3, 0.4) is 0 Å². The molecule has 0 unspecified atom stereocenters. The molecule has 0 aliphatic rings. The van der Waals surface area contributed by atoms with Crippen LogP contribution in [0.15, 0.2) is 54.1 Å². The molecule has 0 aliphatic carbocycles. The number of anilines is 1. The molecule has 1 heterocycles. The van der Waals surface area contributed by atoms with Crippen molar-refractivity contribution in [3.8, 4) is 17.5 Å². The number of ether oxygens (including phenoxy) is 1. The third kappa shape index (κ3) is 5.61. The van der Waals surface area contributed by atoms with Crippen molar-refractivity contribution in [1.82, 2.24) is 9.47 Å². The predicted molar refractivity (Wildman–Crippen MR) is 138 cm³/mol. The highest BCUT2D eigenvalue weighted by atomic mass is 16.5. The van der Waals surface area contributed by atoms with E-state index in [9.17, 15) is 14.9 Å². The topological polar surface area (TPSA) is 87.4 Å². The van der Waals surface area contributed by atoms with E-state index in [1.54, 1.807) is 13.2 Å². The highest BCUT2D eigenvalue weighted by molar-refractivity contribution is 6.04. The zero-order chi connectivity index (χ0) is 25.7. The number of benzene rings is 2. The summed E-state index contributed by atoms with van der Waals surface area (Å²) >= 11 is 0. The van der Waals surface area contributed by atoms with Gasteiger partial charge in [0.15, 0.2) is 0 Å². The van der Waals surface area contributed by atoms with Crippen LogP contribution < -0.4 is 10.1 Å². The van der Waals surface area contributed by atoms with Crippen LogP contribution in [-0.2, 0) is 9.59 Å². The minimum Gasteiger partial charge on any atom is -0.497 e. The molecule has 0 saturated heterocycles. The standard InChI is InChI=1S/C28H30N4O3/c1-18-8-7-9-26(20(18)3)30-27(33)17-31(5)28(34)23(16-29)15-22-14-19(2)32(21(22)4)24-10-12-25(35-6)13-11-24/h7-15H,17H2,1-6H3,(H,30,33)/b23-15+.